The van der Waals surface area contributed by atoms with Crippen LogP contribution in [0.2, 0.25) is 10.5 Å². The van der Waals surface area contributed by atoms with Crippen LogP contribution in [0.4, 0.5) is 0 Å². The number of halogens is 3. The zero-order valence-electron chi connectivity index (χ0n) is 10.7. The monoisotopic (exact) mass is 339 g/mol. The number of rotatable bonds is 3. The number of hydrogen-bond acceptors (Lipinski definition) is 0. The zero-order valence-corrected chi connectivity index (χ0v) is 14.5. The molecule has 0 amide bonds. The van der Waals surface area contributed by atoms with E-state index in [-0.39, 0.29) is 37.2 Å². The Morgan fingerprint density at radius 3 is 2.11 bits per heavy atom. The van der Waals surface area contributed by atoms with Gasteiger partial charge in [-0.2, -0.15) is 0 Å². The molecule has 0 spiro atoms. The van der Waals surface area contributed by atoms with Gasteiger partial charge in [0.15, 0.2) is 0 Å². The van der Waals surface area contributed by atoms with Crippen molar-refractivity contribution in [3.05, 3.63) is 58.0 Å². The van der Waals surface area contributed by atoms with Crippen molar-refractivity contribution in [3.8, 4) is 0 Å². The van der Waals surface area contributed by atoms with Crippen LogP contribution >= 0.6 is 0 Å². The van der Waals surface area contributed by atoms with Crippen LogP contribution in [0.1, 0.15) is 12.0 Å². The summed E-state index contributed by atoms with van der Waals surface area (Å²) in [6.07, 6.45) is 8.06. The SMILES string of the molecule is [CH3][Ti+3]([CH3])([CH2]c1ccccc1)[C]1=CC=CC1.[Cl-].[Cl-].[Cl-]. The molecule has 2 rings (SSSR count). The third-order valence-corrected chi connectivity index (χ3v) is 8.44. The van der Waals surface area contributed by atoms with Crippen LogP contribution < -0.4 is 37.2 Å². The van der Waals surface area contributed by atoms with E-state index in [9.17, 15) is 0 Å². The average Bonchev–Trinajstić information content (AvgIpc) is 2.71. The Bertz CT molecular complexity index is 397. The second-order valence-electron chi connectivity index (χ2n) is 4.87. The van der Waals surface area contributed by atoms with Crippen molar-refractivity contribution < 1.29 is 53.8 Å². The smallest absolute Gasteiger partial charge is 1.00 e. The molecule has 0 unspecified atom stereocenters. The van der Waals surface area contributed by atoms with Crippen LogP contribution in [-0.2, 0) is 21.3 Å². The fourth-order valence-corrected chi connectivity index (χ4v) is 6.39. The van der Waals surface area contributed by atoms with Crippen LogP contribution in [0.5, 0.6) is 0 Å². The van der Waals surface area contributed by atoms with E-state index in [0.29, 0.717) is 0 Å². The normalized spacial score (nSPS) is 12.0. The number of allylic oxidation sites excluding steroid dienone is 4. The maximum absolute atomic E-state index is 2.52. The molecule has 0 atom stereocenters. The number of benzene rings is 1. The first kappa shape index (κ1) is 20.6. The Balaban J connectivity index is 0. The molecule has 0 heterocycles. The molecule has 18 heavy (non-hydrogen) atoms. The molecule has 0 radical (unpaired) electrons. The summed E-state index contributed by atoms with van der Waals surface area (Å²) in [4.78, 5) is 0. The van der Waals surface area contributed by atoms with Gasteiger partial charge in [-0.3, -0.25) is 0 Å². The van der Waals surface area contributed by atoms with Crippen molar-refractivity contribution in [2.45, 2.75) is 21.6 Å². The van der Waals surface area contributed by atoms with Gasteiger partial charge < -0.3 is 37.2 Å². The Hall–Kier alpha value is 0.284. The molecule has 1 aliphatic carbocycles. The van der Waals surface area contributed by atoms with Gasteiger partial charge in [0.2, 0.25) is 0 Å². The van der Waals surface area contributed by atoms with E-state index in [2.05, 4.69) is 59.0 Å². The summed E-state index contributed by atoms with van der Waals surface area (Å²) < 4.78 is 3.05. The standard InChI is InChI=1S/C7H7.C5H5.2CH3.3ClH.Ti/c1-7-5-3-2-4-6-7;1-2-4-5-3-1;;;;;;/h2-6H,1H2;1-3H,4H2;2*1H3;3*1H;/q;;;;;;;+3/p-3. The van der Waals surface area contributed by atoms with Crippen LogP contribution in [-0.4, -0.2) is 0 Å². The van der Waals surface area contributed by atoms with Gasteiger partial charge in [0.05, 0.1) is 0 Å². The van der Waals surface area contributed by atoms with Crippen molar-refractivity contribution >= 4 is 0 Å². The Morgan fingerprint density at radius 1 is 1.00 bits per heavy atom. The van der Waals surface area contributed by atoms with Crippen LogP contribution in [0, 0.1) is 0 Å². The third-order valence-electron chi connectivity index (χ3n) is 3.13. The summed E-state index contributed by atoms with van der Waals surface area (Å²) in [5.74, 6) is 0. The molecule has 0 aliphatic heterocycles. The molecule has 1 aromatic carbocycles. The quantitative estimate of drug-likeness (QED) is 0.485. The minimum absolute atomic E-state index is 0. The van der Waals surface area contributed by atoms with Gasteiger partial charge in [-0.05, 0) is 0 Å². The van der Waals surface area contributed by atoms with E-state index in [1.54, 1.807) is 3.88 Å². The van der Waals surface area contributed by atoms with Gasteiger partial charge in [0, 0.05) is 0 Å². The van der Waals surface area contributed by atoms with Crippen molar-refractivity contribution in [3.63, 3.8) is 0 Å². The first-order chi connectivity index (χ1) is 7.18. The zero-order chi connectivity index (χ0) is 10.7. The minimum Gasteiger partial charge on any atom is -1.00 e. The maximum atomic E-state index is 2.52. The van der Waals surface area contributed by atoms with Crippen molar-refractivity contribution in [1.82, 2.24) is 0 Å². The predicted octanol–water partition coefficient (Wildman–Crippen LogP) is -4.71. The summed E-state index contributed by atoms with van der Waals surface area (Å²) in [5.41, 5.74) is 1.51. The third kappa shape index (κ3) is 5.51. The van der Waals surface area contributed by atoms with Gasteiger partial charge in [0.1, 0.15) is 0 Å². The molecule has 0 aromatic heterocycles. The van der Waals surface area contributed by atoms with Crippen LogP contribution in [0.25, 0.3) is 0 Å². The molecule has 99 valence electrons. The van der Waals surface area contributed by atoms with Crippen LogP contribution in [0.3, 0.4) is 0 Å². The largest absolute Gasteiger partial charge is 1.00 e. The first-order valence-corrected chi connectivity index (χ1v) is 10.6. The second-order valence-corrected chi connectivity index (χ2v) is 12.3. The number of hydrogen-bond donors (Lipinski definition) is 0. The van der Waals surface area contributed by atoms with Gasteiger partial charge >= 0.3 is 96.2 Å². The second kappa shape index (κ2) is 9.23. The van der Waals surface area contributed by atoms with Crippen molar-refractivity contribution in [2.24, 2.45) is 0 Å². The molecular weight excluding hydrogens is 322 g/mol. The molecule has 0 bridgehead atoms. The van der Waals surface area contributed by atoms with E-state index in [1.165, 1.54) is 16.7 Å². The van der Waals surface area contributed by atoms with Crippen molar-refractivity contribution in [2.75, 3.05) is 0 Å². The molecule has 1 aromatic rings. The Labute approximate surface area is 133 Å². The molecule has 0 saturated carbocycles. The first-order valence-electron chi connectivity index (χ1n) is 5.58. The topological polar surface area (TPSA) is 0 Å². The fraction of sp³-hybridized carbons (Fsp3) is 0.286. The fourth-order valence-electron chi connectivity index (χ4n) is 2.17. The summed E-state index contributed by atoms with van der Waals surface area (Å²) in [5, 5.41) is 5.04. The maximum Gasteiger partial charge on any atom is -1.00 e. The van der Waals surface area contributed by atoms with Gasteiger partial charge in [-0.15, -0.1) is 0 Å². The summed E-state index contributed by atoms with van der Waals surface area (Å²) in [6.45, 7) is 0. The summed E-state index contributed by atoms with van der Waals surface area (Å²) in [7, 11) is 0. The molecule has 0 N–H and O–H groups in total. The van der Waals surface area contributed by atoms with Gasteiger partial charge in [-0.25, -0.2) is 0 Å². The molecule has 0 saturated heterocycles. The molecule has 4 heteroatoms. The average molecular weight is 341 g/mol. The van der Waals surface area contributed by atoms with E-state index >= 15 is 0 Å². The Kier molecular flexibility index (Phi) is 10.6. The van der Waals surface area contributed by atoms with Gasteiger partial charge in [-0.1, -0.05) is 0 Å². The van der Waals surface area contributed by atoms with Crippen LogP contribution in [0.15, 0.2) is 52.4 Å². The molecule has 1 aliphatic rings. The van der Waals surface area contributed by atoms with Crippen molar-refractivity contribution in [1.29, 1.82) is 0 Å². The summed E-state index contributed by atoms with van der Waals surface area (Å²) >= 11 is -1.74. The predicted molar refractivity (Wildman–Crippen MR) is 63.7 cm³/mol. The van der Waals surface area contributed by atoms with E-state index in [4.69, 9.17) is 0 Å². The van der Waals surface area contributed by atoms with E-state index in [1.807, 2.05) is 0 Å². The van der Waals surface area contributed by atoms with E-state index in [0.717, 1.165) is 0 Å². The summed E-state index contributed by atoms with van der Waals surface area (Å²) in [6, 6.07) is 10.9. The molecular formula is C14H18Cl3Ti. The van der Waals surface area contributed by atoms with E-state index < -0.39 is 16.6 Å². The molecule has 0 fully saturated rings. The Morgan fingerprint density at radius 2 is 1.61 bits per heavy atom. The van der Waals surface area contributed by atoms with Gasteiger partial charge in [0.25, 0.3) is 0 Å². The molecule has 0 nitrogen and oxygen atoms in total. The minimum atomic E-state index is -1.74.